The van der Waals surface area contributed by atoms with E-state index in [0.717, 1.165) is 12.2 Å². The highest BCUT2D eigenvalue weighted by atomic mass is 35.5. The van der Waals surface area contributed by atoms with Crippen LogP contribution in [0.5, 0.6) is 6.01 Å². The van der Waals surface area contributed by atoms with Crippen molar-refractivity contribution in [2.45, 2.75) is 32.6 Å². The van der Waals surface area contributed by atoms with Crippen LogP contribution in [0.1, 0.15) is 37.9 Å². The zero-order chi connectivity index (χ0) is 15.2. The first kappa shape index (κ1) is 15.5. The molecule has 0 unspecified atom stereocenters. The molecule has 21 heavy (non-hydrogen) atoms. The molecule has 1 N–H and O–H groups in total. The lowest BCUT2D eigenvalue weighted by atomic mass is 10.2. The molecule has 0 saturated heterocycles. The SMILES string of the molecule is COc1ncc(Cl)c(NCCCc2nc(C(C)C)no2)n1. The van der Waals surface area contributed by atoms with Gasteiger partial charge in [-0.3, -0.25) is 0 Å². The van der Waals surface area contributed by atoms with E-state index in [1.807, 2.05) is 13.8 Å². The molecule has 0 fully saturated rings. The van der Waals surface area contributed by atoms with Crippen LogP contribution in [0.3, 0.4) is 0 Å². The number of aryl methyl sites for hydroxylation is 1. The van der Waals surface area contributed by atoms with Gasteiger partial charge in [0, 0.05) is 18.9 Å². The van der Waals surface area contributed by atoms with Crippen molar-refractivity contribution in [3.05, 3.63) is 22.9 Å². The van der Waals surface area contributed by atoms with Gasteiger partial charge in [-0.1, -0.05) is 30.6 Å². The normalized spacial score (nSPS) is 10.9. The summed E-state index contributed by atoms with van der Waals surface area (Å²) in [4.78, 5) is 12.4. The number of ether oxygens (including phenoxy) is 1. The average molecular weight is 312 g/mol. The first-order chi connectivity index (χ1) is 10.1. The number of hydrogen-bond acceptors (Lipinski definition) is 7. The minimum atomic E-state index is 0.271. The van der Waals surface area contributed by atoms with Crippen LogP contribution in [-0.4, -0.2) is 33.8 Å². The fourth-order valence-corrected chi connectivity index (χ4v) is 1.78. The molecule has 2 rings (SSSR count). The molecule has 0 atom stereocenters. The molecule has 0 aliphatic heterocycles. The van der Waals surface area contributed by atoms with Gasteiger partial charge >= 0.3 is 6.01 Å². The summed E-state index contributed by atoms with van der Waals surface area (Å²) in [6, 6.07) is 0.278. The zero-order valence-electron chi connectivity index (χ0n) is 12.3. The lowest BCUT2D eigenvalue weighted by Gasteiger charge is -2.07. The number of methoxy groups -OCH3 is 1. The summed E-state index contributed by atoms with van der Waals surface area (Å²) in [5.41, 5.74) is 0. The molecule has 114 valence electrons. The van der Waals surface area contributed by atoms with Crippen LogP contribution in [0, 0.1) is 0 Å². The number of halogens is 1. The van der Waals surface area contributed by atoms with E-state index in [9.17, 15) is 0 Å². The summed E-state index contributed by atoms with van der Waals surface area (Å²) < 4.78 is 10.1. The Morgan fingerprint density at radius 2 is 2.19 bits per heavy atom. The molecule has 0 radical (unpaired) electrons. The van der Waals surface area contributed by atoms with E-state index in [0.29, 0.717) is 29.7 Å². The van der Waals surface area contributed by atoms with Crippen LogP contribution < -0.4 is 10.1 Å². The van der Waals surface area contributed by atoms with Crippen LogP contribution in [0.25, 0.3) is 0 Å². The van der Waals surface area contributed by atoms with Crippen molar-refractivity contribution < 1.29 is 9.26 Å². The summed E-state index contributed by atoms with van der Waals surface area (Å²) in [5.74, 6) is 2.21. The lowest BCUT2D eigenvalue weighted by Crippen LogP contribution is -2.06. The molecule has 0 saturated carbocycles. The van der Waals surface area contributed by atoms with Crippen molar-refractivity contribution in [2.75, 3.05) is 19.0 Å². The van der Waals surface area contributed by atoms with Gasteiger partial charge in [0.15, 0.2) is 11.6 Å². The second-order valence-corrected chi connectivity index (χ2v) is 5.19. The van der Waals surface area contributed by atoms with E-state index < -0.39 is 0 Å². The van der Waals surface area contributed by atoms with Crippen molar-refractivity contribution in [1.29, 1.82) is 0 Å². The molecular formula is C13H18ClN5O2. The summed E-state index contributed by atoms with van der Waals surface area (Å²) in [6.07, 6.45) is 3.03. The maximum Gasteiger partial charge on any atom is 0.318 e. The predicted molar refractivity (Wildman–Crippen MR) is 78.8 cm³/mol. The van der Waals surface area contributed by atoms with Gasteiger partial charge in [0.1, 0.15) is 5.02 Å². The predicted octanol–water partition coefficient (Wildman–Crippen LogP) is 2.69. The highest BCUT2D eigenvalue weighted by molar-refractivity contribution is 6.32. The molecule has 2 aromatic heterocycles. The molecule has 0 aliphatic carbocycles. The number of nitrogens with one attached hydrogen (secondary N) is 1. The monoisotopic (exact) mass is 311 g/mol. The van der Waals surface area contributed by atoms with E-state index in [1.54, 1.807) is 0 Å². The molecule has 0 aliphatic rings. The van der Waals surface area contributed by atoms with E-state index in [-0.39, 0.29) is 11.9 Å². The second kappa shape index (κ2) is 7.21. The molecule has 2 heterocycles. The number of aromatic nitrogens is 4. The summed E-state index contributed by atoms with van der Waals surface area (Å²) in [5, 5.41) is 7.51. The third kappa shape index (κ3) is 4.29. The third-order valence-corrected chi connectivity index (χ3v) is 3.04. The third-order valence-electron chi connectivity index (χ3n) is 2.76. The summed E-state index contributed by atoms with van der Waals surface area (Å²) in [7, 11) is 1.51. The molecule has 0 bridgehead atoms. The number of rotatable bonds is 7. The Balaban J connectivity index is 1.81. The van der Waals surface area contributed by atoms with Crippen LogP contribution in [0.2, 0.25) is 5.02 Å². The Bertz CT molecular complexity index is 588. The smallest absolute Gasteiger partial charge is 0.318 e. The Morgan fingerprint density at radius 1 is 1.38 bits per heavy atom. The van der Waals surface area contributed by atoms with Gasteiger partial charge in [-0.05, 0) is 6.42 Å². The van der Waals surface area contributed by atoms with Gasteiger partial charge < -0.3 is 14.6 Å². The van der Waals surface area contributed by atoms with Crippen LogP contribution in [0.15, 0.2) is 10.7 Å². The van der Waals surface area contributed by atoms with Gasteiger partial charge in [-0.2, -0.15) is 9.97 Å². The molecule has 7 nitrogen and oxygen atoms in total. The van der Waals surface area contributed by atoms with Crippen molar-refractivity contribution in [3.63, 3.8) is 0 Å². The van der Waals surface area contributed by atoms with Crippen LogP contribution in [-0.2, 0) is 6.42 Å². The second-order valence-electron chi connectivity index (χ2n) is 4.78. The quantitative estimate of drug-likeness (QED) is 0.787. The van der Waals surface area contributed by atoms with Gasteiger partial charge in [0.05, 0.1) is 13.3 Å². The molecule has 0 aromatic carbocycles. The Labute approximate surface area is 128 Å². The van der Waals surface area contributed by atoms with E-state index >= 15 is 0 Å². The highest BCUT2D eigenvalue weighted by Gasteiger charge is 2.09. The Hall–Kier alpha value is -1.89. The molecular weight excluding hydrogens is 294 g/mol. The molecule has 2 aromatic rings. The topological polar surface area (TPSA) is 86.0 Å². The van der Waals surface area contributed by atoms with Gasteiger partial charge in [0.2, 0.25) is 5.89 Å². The zero-order valence-corrected chi connectivity index (χ0v) is 13.0. The number of hydrogen-bond donors (Lipinski definition) is 1. The van der Waals surface area contributed by atoms with Crippen molar-refractivity contribution in [2.24, 2.45) is 0 Å². The van der Waals surface area contributed by atoms with E-state index in [2.05, 4.69) is 25.4 Å². The minimum Gasteiger partial charge on any atom is -0.467 e. The highest BCUT2D eigenvalue weighted by Crippen LogP contribution is 2.20. The Morgan fingerprint density at radius 3 is 2.86 bits per heavy atom. The minimum absolute atomic E-state index is 0.271. The first-order valence-corrected chi connectivity index (χ1v) is 7.11. The van der Waals surface area contributed by atoms with Crippen LogP contribution in [0.4, 0.5) is 5.82 Å². The van der Waals surface area contributed by atoms with Gasteiger partial charge in [-0.25, -0.2) is 4.98 Å². The standard InChI is InChI=1S/C13H18ClN5O2/c1-8(2)11-17-10(21-19-11)5-4-6-15-12-9(14)7-16-13(18-12)20-3/h7-8H,4-6H2,1-3H3,(H,15,16,18). The lowest BCUT2D eigenvalue weighted by molar-refractivity contribution is 0.369. The maximum atomic E-state index is 6.00. The Kier molecular flexibility index (Phi) is 5.32. The van der Waals surface area contributed by atoms with Crippen molar-refractivity contribution in [1.82, 2.24) is 20.1 Å². The number of nitrogens with zero attached hydrogens (tertiary/aromatic N) is 4. The van der Waals surface area contributed by atoms with Crippen LogP contribution >= 0.6 is 11.6 Å². The van der Waals surface area contributed by atoms with E-state index in [4.69, 9.17) is 20.9 Å². The van der Waals surface area contributed by atoms with E-state index in [1.165, 1.54) is 13.3 Å². The van der Waals surface area contributed by atoms with Gasteiger partial charge in [-0.15, -0.1) is 0 Å². The summed E-state index contributed by atoms with van der Waals surface area (Å²) >= 11 is 6.00. The fraction of sp³-hybridized carbons (Fsp3) is 0.538. The molecule has 0 amide bonds. The fourth-order valence-electron chi connectivity index (χ4n) is 1.62. The number of anilines is 1. The first-order valence-electron chi connectivity index (χ1n) is 6.73. The molecule has 0 spiro atoms. The largest absolute Gasteiger partial charge is 0.467 e. The maximum absolute atomic E-state index is 6.00. The average Bonchev–Trinajstić information content (AvgIpc) is 2.94. The van der Waals surface area contributed by atoms with Gasteiger partial charge in [0.25, 0.3) is 0 Å². The molecule has 8 heteroatoms. The summed E-state index contributed by atoms with van der Waals surface area (Å²) in [6.45, 7) is 4.74. The van der Waals surface area contributed by atoms with Crippen molar-refractivity contribution >= 4 is 17.4 Å². The van der Waals surface area contributed by atoms with Crippen molar-refractivity contribution in [3.8, 4) is 6.01 Å².